The van der Waals surface area contributed by atoms with Gasteiger partial charge < -0.3 is 9.84 Å². The molecule has 0 fully saturated rings. The van der Waals surface area contributed by atoms with Gasteiger partial charge in [-0.15, -0.1) is 5.10 Å². The van der Waals surface area contributed by atoms with Gasteiger partial charge in [-0.3, -0.25) is 0 Å². The predicted octanol–water partition coefficient (Wildman–Crippen LogP) is 1.40. The predicted molar refractivity (Wildman–Crippen MR) is 65.6 cm³/mol. The summed E-state index contributed by atoms with van der Waals surface area (Å²) in [7, 11) is 1.69. The number of methoxy groups -OCH3 is 1. The first-order chi connectivity index (χ1) is 8.19. The SMILES string of the molecule is COCCCn1nnc(CO)c1CCC(C)C. The third kappa shape index (κ3) is 4.44. The normalized spacial score (nSPS) is 11.4. The molecule has 0 spiro atoms. The van der Waals surface area contributed by atoms with E-state index in [1.165, 1.54) is 0 Å². The molecule has 0 atom stereocenters. The monoisotopic (exact) mass is 241 g/mol. The second kappa shape index (κ2) is 7.40. The van der Waals surface area contributed by atoms with E-state index in [9.17, 15) is 5.11 Å². The minimum Gasteiger partial charge on any atom is -0.390 e. The van der Waals surface area contributed by atoms with Gasteiger partial charge in [0.25, 0.3) is 0 Å². The van der Waals surface area contributed by atoms with Gasteiger partial charge in [0, 0.05) is 20.3 Å². The molecule has 0 radical (unpaired) electrons. The lowest BCUT2D eigenvalue weighted by Gasteiger charge is -2.08. The van der Waals surface area contributed by atoms with Gasteiger partial charge in [0.05, 0.1) is 12.3 Å². The molecule has 0 bridgehead atoms. The number of rotatable bonds is 8. The molecule has 5 nitrogen and oxygen atoms in total. The lowest BCUT2D eigenvalue weighted by Crippen LogP contribution is -2.09. The van der Waals surface area contributed by atoms with Crippen LogP contribution in [-0.2, 0) is 24.3 Å². The summed E-state index contributed by atoms with van der Waals surface area (Å²) < 4.78 is 6.92. The van der Waals surface area contributed by atoms with E-state index in [2.05, 4.69) is 24.2 Å². The zero-order valence-electron chi connectivity index (χ0n) is 11.0. The van der Waals surface area contributed by atoms with Crippen molar-refractivity contribution in [2.75, 3.05) is 13.7 Å². The summed E-state index contributed by atoms with van der Waals surface area (Å²) in [6.45, 7) is 5.87. The van der Waals surface area contributed by atoms with Crippen LogP contribution in [0, 0.1) is 5.92 Å². The highest BCUT2D eigenvalue weighted by atomic mass is 16.5. The highest BCUT2D eigenvalue weighted by molar-refractivity contribution is 5.09. The van der Waals surface area contributed by atoms with Gasteiger partial charge in [-0.2, -0.15) is 0 Å². The first-order valence-electron chi connectivity index (χ1n) is 6.20. The van der Waals surface area contributed by atoms with Crippen molar-refractivity contribution in [3.8, 4) is 0 Å². The Bertz CT molecular complexity index is 324. The summed E-state index contributed by atoms with van der Waals surface area (Å²) in [4.78, 5) is 0. The quantitative estimate of drug-likeness (QED) is 0.699. The molecule has 0 aliphatic carbocycles. The minimum absolute atomic E-state index is 0.0301. The van der Waals surface area contributed by atoms with Crippen molar-refractivity contribution in [2.45, 2.75) is 46.3 Å². The van der Waals surface area contributed by atoms with Gasteiger partial charge in [0.1, 0.15) is 5.69 Å². The minimum atomic E-state index is -0.0301. The number of hydrogen-bond acceptors (Lipinski definition) is 4. The van der Waals surface area contributed by atoms with Gasteiger partial charge >= 0.3 is 0 Å². The molecule has 1 N–H and O–H groups in total. The smallest absolute Gasteiger partial charge is 0.111 e. The lowest BCUT2D eigenvalue weighted by atomic mass is 10.1. The summed E-state index contributed by atoms with van der Waals surface area (Å²) >= 11 is 0. The lowest BCUT2D eigenvalue weighted by molar-refractivity contribution is 0.188. The van der Waals surface area contributed by atoms with Crippen molar-refractivity contribution in [1.82, 2.24) is 15.0 Å². The van der Waals surface area contributed by atoms with Crippen molar-refractivity contribution < 1.29 is 9.84 Å². The fraction of sp³-hybridized carbons (Fsp3) is 0.833. The topological polar surface area (TPSA) is 60.2 Å². The van der Waals surface area contributed by atoms with Crippen LogP contribution in [0.25, 0.3) is 0 Å². The summed E-state index contributed by atoms with van der Waals surface area (Å²) in [6, 6.07) is 0. The second-order valence-electron chi connectivity index (χ2n) is 4.64. The third-order valence-corrected chi connectivity index (χ3v) is 2.74. The number of aryl methyl sites for hydroxylation is 1. The number of nitrogens with zero attached hydrogens (tertiary/aromatic N) is 3. The standard InChI is InChI=1S/C12H23N3O2/c1-10(2)5-6-12-11(9-16)13-14-15(12)7-4-8-17-3/h10,16H,4-9H2,1-3H3. The summed E-state index contributed by atoms with van der Waals surface area (Å²) in [5.41, 5.74) is 1.78. The zero-order valence-corrected chi connectivity index (χ0v) is 11.0. The number of ether oxygens (including phenoxy) is 1. The van der Waals surface area contributed by atoms with E-state index in [0.717, 1.165) is 38.1 Å². The molecule has 0 aromatic carbocycles. The molecule has 98 valence electrons. The molecule has 0 saturated carbocycles. The van der Waals surface area contributed by atoms with E-state index in [1.807, 2.05) is 4.68 Å². The fourth-order valence-corrected chi connectivity index (χ4v) is 1.73. The van der Waals surface area contributed by atoms with Crippen LogP contribution in [-0.4, -0.2) is 33.8 Å². The van der Waals surface area contributed by atoms with Crippen LogP contribution in [0.1, 0.15) is 38.1 Å². The molecule has 0 saturated heterocycles. The molecule has 1 heterocycles. The fourth-order valence-electron chi connectivity index (χ4n) is 1.73. The van der Waals surface area contributed by atoms with E-state index in [0.29, 0.717) is 11.6 Å². The Kier molecular flexibility index (Phi) is 6.15. The van der Waals surface area contributed by atoms with Crippen LogP contribution in [0.4, 0.5) is 0 Å². The maximum Gasteiger partial charge on any atom is 0.111 e. The molecular weight excluding hydrogens is 218 g/mol. The Morgan fingerprint density at radius 3 is 2.76 bits per heavy atom. The molecule has 0 unspecified atom stereocenters. The Hall–Kier alpha value is -0.940. The summed E-state index contributed by atoms with van der Waals surface area (Å²) in [5, 5.41) is 17.3. The molecule has 1 rings (SSSR count). The first kappa shape index (κ1) is 14.1. The average Bonchev–Trinajstić information content (AvgIpc) is 2.69. The number of hydrogen-bond donors (Lipinski definition) is 1. The van der Waals surface area contributed by atoms with Crippen molar-refractivity contribution in [2.24, 2.45) is 5.92 Å². The maximum atomic E-state index is 9.23. The summed E-state index contributed by atoms with van der Waals surface area (Å²) in [5.74, 6) is 0.642. The highest BCUT2D eigenvalue weighted by Gasteiger charge is 2.12. The van der Waals surface area contributed by atoms with Gasteiger partial charge in [-0.1, -0.05) is 19.1 Å². The Morgan fingerprint density at radius 1 is 1.41 bits per heavy atom. The molecule has 0 amide bonds. The Morgan fingerprint density at radius 2 is 2.18 bits per heavy atom. The largest absolute Gasteiger partial charge is 0.390 e. The molecule has 0 aliphatic rings. The van der Waals surface area contributed by atoms with Crippen LogP contribution in [0.3, 0.4) is 0 Å². The van der Waals surface area contributed by atoms with E-state index in [4.69, 9.17) is 4.74 Å². The molecule has 1 aromatic rings. The van der Waals surface area contributed by atoms with Crippen LogP contribution in [0.2, 0.25) is 0 Å². The Balaban J connectivity index is 2.64. The van der Waals surface area contributed by atoms with Crippen LogP contribution in [0.15, 0.2) is 0 Å². The van der Waals surface area contributed by atoms with Crippen molar-refractivity contribution >= 4 is 0 Å². The highest BCUT2D eigenvalue weighted by Crippen LogP contribution is 2.12. The summed E-state index contributed by atoms with van der Waals surface area (Å²) in [6.07, 6.45) is 2.93. The zero-order chi connectivity index (χ0) is 12.7. The van der Waals surface area contributed by atoms with Crippen LogP contribution < -0.4 is 0 Å². The van der Waals surface area contributed by atoms with Crippen LogP contribution in [0.5, 0.6) is 0 Å². The van der Waals surface area contributed by atoms with Gasteiger partial charge in [0.2, 0.25) is 0 Å². The van der Waals surface area contributed by atoms with Gasteiger partial charge in [0.15, 0.2) is 0 Å². The van der Waals surface area contributed by atoms with E-state index < -0.39 is 0 Å². The number of aliphatic hydroxyl groups excluding tert-OH is 1. The second-order valence-corrected chi connectivity index (χ2v) is 4.64. The van der Waals surface area contributed by atoms with Crippen LogP contribution >= 0.6 is 0 Å². The molecule has 1 aromatic heterocycles. The molecule has 5 heteroatoms. The molecular formula is C12H23N3O2. The van der Waals surface area contributed by atoms with Gasteiger partial charge in [-0.25, -0.2) is 4.68 Å². The maximum absolute atomic E-state index is 9.23. The average molecular weight is 241 g/mol. The molecule has 17 heavy (non-hydrogen) atoms. The Labute approximate surface area is 103 Å². The van der Waals surface area contributed by atoms with E-state index in [1.54, 1.807) is 7.11 Å². The van der Waals surface area contributed by atoms with Crippen molar-refractivity contribution in [3.05, 3.63) is 11.4 Å². The van der Waals surface area contributed by atoms with Gasteiger partial charge in [-0.05, 0) is 25.2 Å². The molecule has 0 aliphatic heterocycles. The van der Waals surface area contributed by atoms with E-state index in [-0.39, 0.29) is 6.61 Å². The third-order valence-electron chi connectivity index (χ3n) is 2.74. The van der Waals surface area contributed by atoms with Crippen molar-refractivity contribution in [3.63, 3.8) is 0 Å². The van der Waals surface area contributed by atoms with Crippen molar-refractivity contribution in [1.29, 1.82) is 0 Å². The number of aliphatic hydroxyl groups is 1. The van der Waals surface area contributed by atoms with E-state index >= 15 is 0 Å². The number of aromatic nitrogens is 3. The first-order valence-corrected chi connectivity index (χ1v) is 6.20.